The predicted octanol–water partition coefficient (Wildman–Crippen LogP) is 2.78. The van der Waals surface area contributed by atoms with Crippen molar-refractivity contribution in [2.75, 3.05) is 22.1 Å². The lowest BCUT2D eigenvalue weighted by atomic mass is 9.92. The average molecular weight is 409 g/mol. The third-order valence-electron chi connectivity index (χ3n) is 5.96. The Kier molecular flexibility index (Phi) is 5.57. The highest BCUT2D eigenvalue weighted by Gasteiger charge is 2.35. The Hall–Kier alpha value is -3.16. The van der Waals surface area contributed by atoms with Crippen molar-refractivity contribution in [2.45, 2.75) is 57.9 Å². The summed E-state index contributed by atoms with van der Waals surface area (Å²) >= 11 is 0. The van der Waals surface area contributed by atoms with Gasteiger partial charge in [-0.1, -0.05) is 19.1 Å². The number of amides is 2. The Balaban J connectivity index is 1.63. The van der Waals surface area contributed by atoms with Crippen molar-refractivity contribution < 1.29 is 9.59 Å². The zero-order valence-corrected chi connectivity index (χ0v) is 17.3. The number of nitrogens with one attached hydrogen (secondary N) is 3. The van der Waals surface area contributed by atoms with Crippen LogP contribution in [0.15, 0.2) is 29.1 Å². The molecule has 1 aromatic carbocycles. The van der Waals surface area contributed by atoms with Crippen LogP contribution in [0.1, 0.15) is 56.6 Å². The zero-order chi connectivity index (χ0) is 21.3. The van der Waals surface area contributed by atoms with Gasteiger partial charge in [0.05, 0.1) is 11.5 Å². The molecule has 8 nitrogen and oxygen atoms in total. The third-order valence-corrected chi connectivity index (χ3v) is 5.96. The van der Waals surface area contributed by atoms with Crippen LogP contribution >= 0.6 is 0 Å². The number of aryl methyl sites for hydroxylation is 1. The van der Waals surface area contributed by atoms with Gasteiger partial charge in [-0.2, -0.15) is 4.98 Å². The fourth-order valence-electron chi connectivity index (χ4n) is 4.19. The van der Waals surface area contributed by atoms with Gasteiger partial charge in [-0.25, -0.2) is 0 Å². The lowest BCUT2D eigenvalue weighted by Crippen LogP contribution is -2.41. The summed E-state index contributed by atoms with van der Waals surface area (Å²) < 4.78 is 0. The summed E-state index contributed by atoms with van der Waals surface area (Å²) in [7, 11) is 0. The number of fused-ring (bicyclic) bond motifs is 1. The lowest BCUT2D eigenvalue weighted by molar-refractivity contribution is -0.123. The molecule has 158 valence electrons. The van der Waals surface area contributed by atoms with Crippen LogP contribution in [0.3, 0.4) is 0 Å². The van der Waals surface area contributed by atoms with Crippen molar-refractivity contribution in [1.82, 2.24) is 9.97 Å². The molecule has 0 radical (unpaired) electrons. The van der Waals surface area contributed by atoms with Crippen molar-refractivity contribution in [2.24, 2.45) is 0 Å². The molecule has 0 saturated carbocycles. The van der Waals surface area contributed by atoms with E-state index in [0.29, 0.717) is 11.6 Å². The van der Waals surface area contributed by atoms with Crippen LogP contribution in [0, 0.1) is 0 Å². The molecule has 30 heavy (non-hydrogen) atoms. The van der Waals surface area contributed by atoms with Crippen LogP contribution in [0.4, 0.5) is 17.5 Å². The standard InChI is InChI=1S/C22H27N5O3/c1-3-14-7-9-15(10-8-14)23-20(29)16-12-17(28)24-19-18(16)21(30)26-22(25-19)27-11-5-4-6-13(27)2/h7-10,13,16H,3-6,11-12H2,1-2H3,(H,23,29)(H2,24,25,26,28,30). The fraction of sp³-hybridized carbons (Fsp3) is 0.455. The van der Waals surface area contributed by atoms with E-state index >= 15 is 0 Å². The molecule has 0 bridgehead atoms. The number of H-pyrrole nitrogens is 1. The molecular weight excluding hydrogens is 382 g/mol. The smallest absolute Gasteiger partial charge is 0.258 e. The van der Waals surface area contributed by atoms with Crippen LogP contribution in [-0.2, 0) is 16.0 Å². The van der Waals surface area contributed by atoms with E-state index < -0.39 is 5.92 Å². The summed E-state index contributed by atoms with van der Waals surface area (Å²) in [6.45, 7) is 4.95. The largest absolute Gasteiger partial charge is 0.340 e. The number of piperidine rings is 1. The molecule has 3 N–H and O–H groups in total. The second-order valence-corrected chi connectivity index (χ2v) is 8.03. The molecule has 3 heterocycles. The van der Waals surface area contributed by atoms with Crippen LogP contribution in [0.2, 0.25) is 0 Å². The number of aromatic amines is 1. The first kappa shape index (κ1) is 20.1. The lowest BCUT2D eigenvalue weighted by Gasteiger charge is -2.34. The van der Waals surface area contributed by atoms with Crippen molar-refractivity contribution >= 4 is 29.3 Å². The topological polar surface area (TPSA) is 107 Å². The summed E-state index contributed by atoms with van der Waals surface area (Å²) in [4.78, 5) is 47.6. The number of carbonyl (C=O) groups is 2. The highest BCUT2D eigenvalue weighted by molar-refractivity contribution is 6.04. The van der Waals surface area contributed by atoms with Crippen LogP contribution in [-0.4, -0.2) is 34.4 Å². The van der Waals surface area contributed by atoms with E-state index in [1.807, 2.05) is 24.3 Å². The molecule has 8 heteroatoms. The molecule has 2 aliphatic heterocycles. The molecule has 2 amide bonds. The van der Waals surface area contributed by atoms with E-state index in [1.165, 1.54) is 0 Å². The molecule has 2 aromatic rings. The first-order valence-electron chi connectivity index (χ1n) is 10.6. The molecule has 4 rings (SSSR count). The SMILES string of the molecule is CCc1ccc(NC(=O)C2CC(=O)Nc3nc(N4CCCCC4C)[nH]c(=O)c32)cc1. The Bertz CT molecular complexity index is 1010. The highest BCUT2D eigenvalue weighted by Crippen LogP contribution is 2.31. The van der Waals surface area contributed by atoms with Gasteiger partial charge in [0.25, 0.3) is 5.56 Å². The number of carbonyl (C=O) groups excluding carboxylic acids is 2. The van der Waals surface area contributed by atoms with E-state index in [-0.39, 0.29) is 41.2 Å². The molecule has 2 atom stereocenters. The second kappa shape index (κ2) is 8.30. The fourth-order valence-corrected chi connectivity index (χ4v) is 4.19. The molecule has 1 saturated heterocycles. The van der Waals surface area contributed by atoms with E-state index in [4.69, 9.17) is 0 Å². The van der Waals surface area contributed by atoms with E-state index in [2.05, 4.69) is 39.3 Å². The maximum absolute atomic E-state index is 12.9. The zero-order valence-electron chi connectivity index (χ0n) is 17.3. The normalized spacial score (nSPS) is 21.0. The van der Waals surface area contributed by atoms with Gasteiger partial charge in [-0.15, -0.1) is 0 Å². The quantitative estimate of drug-likeness (QED) is 0.720. The Labute approximate surface area is 175 Å². The van der Waals surface area contributed by atoms with Crippen LogP contribution < -0.4 is 21.1 Å². The Morgan fingerprint density at radius 2 is 2.00 bits per heavy atom. The van der Waals surface area contributed by atoms with Gasteiger partial charge < -0.3 is 15.5 Å². The number of hydrogen-bond donors (Lipinski definition) is 3. The van der Waals surface area contributed by atoms with Gasteiger partial charge in [-0.05, 0) is 50.3 Å². The van der Waals surface area contributed by atoms with Crippen molar-refractivity contribution in [3.63, 3.8) is 0 Å². The number of nitrogens with zero attached hydrogens (tertiary/aromatic N) is 2. The van der Waals surface area contributed by atoms with Gasteiger partial charge in [0.2, 0.25) is 17.8 Å². The third kappa shape index (κ3) is 3.94. The second-order valence-electron chi connectivity index (χ2n) is 8.03. The average Bonchev–Trinajstić information content (AvgIpc) is 2.73. The monoisotopic (exact) mass is 409 g/mol. The maximum Gasteiger partial charge on any atom is 0.258 e. The Morgan fingerprint density at radius 3 is 2.70 bits per heavy atom. The number of rotatable bonds is 4. The predicted molar refractivity (Wildman–Crippen MR) is 116 cm³/mol. The van der Waals surface area contributed by atoms with E-state index in [9.17, 15) is 14.4 Å². The number of hydrogen-bond acceptors (Lipinski definition) is 5. The molecule has 0 spiro atoms. The Morgan fingerprint density at radius 1 is 1.23 bits per heavy atom. The molecule has 2 unspecified atom stereocenters. The maximum atomic E-state index is 12.9. The number of anilines is 3. The van der Waals surface area contributed by atoms with Gasteiger partial charge in [0, 0.05) is 24.7 Å². The number of aromatic nitrogens is 2. The minimum absolute atomic E-state index is 0.0872. The van der Waals surface area contributed by atoms with Crippen LogP contribution in [0.5, 0.6) is 0 Å². The van der Waals surface area contributed by atoms with Gasteiger partial charge in [0.1, 0.15) is 5.82 Å². The van der Waals surface area contributed by atoms with Gasteiger partial charge in [-0.3, -0.25) is 19.4 Å². The number of benzene rings is 1. The van der Waals surface area contributed by atoms with Crippen molar-refractivity contribution in [3.8, 4) is 0 Å². The summed E-state index contributed by atoms with van der Waals surface area (Å²) in [5.74, 6) is -0.961. The molecule has 1 fully saturated rings. The minimum atomic E-state index is -0.885. The highest BCUT2D eigenvalue weighted by atomic mass is 16.2. The van der Waals surface area contributed by atoms with Gasteiger partial charge >= 0.3 is 0 Å². The summed E-state index contributed by atoms with van der Waals surface area (Å²) in [5.41, 5.74) is 1.63. The minimum Gasteiger partial charge on any atom is -0.340 e. The van der Waals surface area contributed by atoms with E-state index in [1.54, 1.807) is 0 Å². The van der Waals surface area contributed by atoms with Crippen molar-refractivity contribution in [3.05, 3.63) is 45.7 Å². The molecular formula is C22H27N5O3. The molecule has 1 aromatic heterocycles. The van der Waals surface area contributed by atoms with Gasteiger partial charge in [0.15, 0.2) is 0 Å². The molecule has 2 aliphatic rings. The summed E-state index contributed by atoms with van der Waals surface area (Å²) in [6.07, 6.45) is 4.01. The first-order valence-corrected chi connectivity index (χ1v) is 10.6. The summed E-state index contributed by atoms with van der Waals surface area (Å²) in [6, 6.07) is 7.78. The van der Waals surface area contributed by atoms with Crippen molar-refractivity contribution in [1.29, 1.82) is 0 Å². The summed E-state index contributed by atoms with van der Waals surface area (Å²) in [5, 5.41) is 5.51. The van der Waals surface area contributed by atoms with E-state index in [0.717, 1.165) is 37.8 Å². The van der Waals surface area contributed by atoms with Crippen LogP contribution in [0.25, 0.3) is 0 Å². The first-order chi connectivity index (χ1) is 14.5. The molecule has 0 aliphatic carbocycles.